The molecule has 2 fully saturated rings. The zero-order valence-electron chi connectivity index (χ0n) is 15.7. The van der Waals surface area contributed by atoms with Crippen LogP contribution in [0.15, 0.2) is 18.2 Å². The van der Waals surface area contributed by atoms with E-state index < -0.39 is 0 Å². The molecule has 0 spiro atoms. The molecule has 0 unspecified atom stereocenters. The van der Waals surface area contributed by atoms with Crippen molar-refractivity contribution in [2.45, 2.75) is 63.9 Å². The van der Waals surface area contributed by atoms with Crippen LogP contribution in [-0.2, 0) is 4.79 Å². The van der Waals surface area contributed by atoms with Gasteiger partial charge in [0, 0.05) is 32.4 Å². The number of nitrogens with zero attached hydrogens (tertiary/aromatic N) is 2. The lowest BCUT2D eigenvalue weighted by atomic mass is 9.86. The fourth-order valence-corrected chi connectivity index (χ4v) is 5.17. The summed E-state index contributed by atoms with van der Waals surface area (Å²) < 4.78 is 20.6. The number of aromatic nitrogens is 1. The van der Waals surface area contributed by atoms with Crippen molar-refractivity contribution in [1.82, 2.24) is 9.88 Å². The summed E-state index contributed by atoms with van der Waals surface area (Å²) in [6, 6.07) is 4.97. The molecule has 6 heteroatoms. The number of benzene rings is 1. The standard InChI is InChI=1S/C21H27FN2O2S/c22-17-7-4-8-18-20(17)23-21(27-18)26-16-11-13-24(14-12-16)19(25)10-9-15-5-2-1-3-6-15/h4,7-8,15-16H,1-3,5-6,9-14H2. The first-order chi connectivity index (χ1) is 13.2. The predicted octanol–water partition coefficient (Wildman–Crippen LogP) is 5.17. The first kappa shape index (κ1) is 18.7. The van der Waals surface area contributed by atoms with Crippen molar-refractivity contribution in [3.05, 3.63) is 24.0 Å². The van der Waals surface area contributed by atoms with Gasteiger partial charge in [-0.05, 0) is 24.5 Å². The lowest BCUT2D eigenvalue weighted by molar-refractivity contribution is -0.133. The SMILES string of the molecule is O=C(CCC1CCCCC1)N1CCC(Oc2nc3c(F)cccc3s2)CC1. The number of rotatable bonds is 5. The van der Waals surface area contributed by atoms with Crippen molar-refractivity contribution in [3.63, 3.8) is 0 Å². The molecule has 0 bridgehead atoms. The highest BCUT2D eigenvalue weighted by atomic mass is 32.1. The lowest BCUT2D eigenvalue weighted by Crippen LogP contribution is -2.41. The Kier molecular flexibility index (Phi) is 5.91. The molecule has 1 saturated carbocycles. The topological polar surface area (TPSA) is 42.4 Å². The van der Waals surface area contributed by atoms with Crippen LogP contribution in [0.5, 0.6) is 5.19 Å². The molecule has 0 N–H and O–H groups in total. The van der Waals surface area contributed by atoms with E-state index in [4.69, 9.17) is 4.74 Å². The van der Waals surface area contributed by atoms with Crippen molar-refractivity contribution < 1.29 is 13.9 Å². The van der Waals surface area contributed by atoms with Crippen molar-refractivity contribution in [1.29, 1.82) is 0 Å². The quantitative estimate of drug-likeness (QED) is 0.708. The fraction of sp³-hybridized carbons (Fsp3) is 0.619. The summed E-state index contributed by atoms with van der Waals surface area (Å²) in [6.07, 6.45) is 10.0. The van der Waals surface area contributed by atoms with E-state index in [2.05, 4.69) is 4.98 Å². The number of likely N-dealkylation sites (tertiary alicyclic amines) is 1. The minimum atomic E-state index is -0.308. The van der Waals surface area contributed by atoms with Gasteiger partial charge in [0.1, 0.15) is 17.4 Å². The van der Waals surface area contributed by atoms with Gasteiger partial charge in [0.15, 0.2) is 0 Å². The smallest absolute Gasteiger partial charge is 0.274 e. The first-order valence-corrected chi connectivity index (χ1v) is 11.0. The Morgan fingerprint density at radius 3 is 2.70 bits per heavy atom. The van der Waals surface area contributed by atoms with E-state index in [1.54, 1.807) is 6.07 Å². The molecule has 1 aliphatic carbocycles. The summed E-state index contributed by atoms with van der Waals surface area (Å²) in [7, 11) is 0. The van der Waals surface area contributed by atoms with E-state index in [1.807, 2.05) is 11.0 Å². The van der Waals surface area contributed by atoms with Crippen molar-refractivity contribution in [3.8, 4) is 5.19 Å². The summed E-state index contributed by atoms with van der Waals surface area (Å²) in [5, 5.41) is 0.525. The van der Waals surface area contributed by atoms with Gasteiger partial charge in [-0.3, -0.25) is 4.79 Å². The summed E-state index contributed by atoms with van der Waals surface area (Å²) in [4.78, 5) is 18.8. The van der Waals surface area contributed by atoms with Crippen LogP contribution in [0, 0.1) is 11.7 Å². The zero-order chi connectivity index (χ0) is 18.6. The number of carbonyl (C=O) groups is 1. The van der Waals surface area contributed by atoms with E-state index in [1.165, 1.54) is 49.5 Å². The molecule has 0 atom stereocenters. The molecule has 1 aliphatic heterocycles. The van der Waals surface area contributed by atoms with Crippen LogP contribution in [0.3, 0.4) is 0 Å². The summed E-state index contributed by atoms with van der Waals surface area (Å²) in [5.41, 5.74) is 0.382. The van der Waals surface area contributed by atoms with Gasteiger partial charge < -0.3 is 9.64 Å². The second-order valence-electron chi connectivity index (χ2n) is 7.81. The van der Waals surface area contributed by atoms with Gasteiger partial charge in [0.25, 0.3) is 5.19 Å². The van der Waals surface area contributed by atoms with Crippen molar-refractivity contribution in [2.75, 3.05) is 13.1 Å². The number of hydrogen-bond acceptors (Lipinski definition) is 4. The second-order valence-corrected chi connectivity index (χ2v) is 8.80. The third-order valence-corrected chi connectivity index (χ3v) is 6.81. The Morgan fingerprint density at radius 1 is 1.19 bits per heavy atom. The Labute approximate surface area is 163 Å². The second kappa shape index (κ2) is 8.55. The third-order valence-electron chi connectivity index (χ3n) is 5.90. The molecule has 4 nitrogen and oxygen atoms in total. The Hall–Kier alpha value is -1.69. The number of piperidine rings is 1. The molecule has 146 valence electrons. The van der Waals surface area contributed by atoms with Crippen LogP contribution >= 0.6 is 11.3 Å². The third kappa shape index (κ3) is 4.60. The molecule has 2 aliphatic rings. The molecule has 2 aromatic rings. The molecule has 4 rings (SSSR count). The molecular weight excluding hydrogens is 363 g/mol. The maximum atomic E-state index is 13.8. The predicted molar refractivity (Wildman–Crippen MR) is 106 cm³/mol. The molecule has 1 saturated heterocycles. The van der Waals surface area contributed by atoms with Crippen LogP contribution < -0.4 is 4.74 Å². The van der Waals surface area contributed by atoms with Gasteiger partial charge in [-0.1, -0.05) is 49.5 Å². The average Bonchev–Trinajstić information content (AvgIpc) is 3.11. The van der Waals surface area contributed by atoms with Crippen LogP contribution in [-0.4, -0.2) is 35.0 Å². The number of para-hydroxylation sites is 1. The van der Waals surface area contributed by atoms with Crippen LogP contribution in [0.2, 0.25) is 0 Å². The van der Waals surface area contributed by atoms with E-state index in [9.17, 15) is 9.18 Å². The zero-order valence-corrected chi connectivity index (χ0v) is 16.5. The van der Waals surface area contributed by atoms with Crippen LogP contribution in [0.4, 0.5) is 4.39 Å². The molecular formula is C21H27FN2O2S. The van der Waals surface area contributed by atoms with Gasteiger partial charge in [-0.25, -0.2) is 4.39 Å². The molecule has 1 aromatic carbocycles. The fourth-order valence-electron chi connectivity index (χ4n) is 4.27. The maximum Gasteiger partial charge on any atom is 0.274 e. The highest BCUT2D eigenvalue weighted by Crippen LogP contribution is 2.31. The largest absolute Gasteiger partial charge is 0.467 e. The monoisotopic (exact) mass is 390 g/mol. The van der Waals surface area contributed by atoms with E-state index in [0.29, 0.717) is 23.0 Å². The number of amides is 1. The number of carbonyl (C=O) groups excluding carboxylic acids is 1. The normalized spacial score (nSPS) is 19.5. The number of thiazole rings is 1. The minimum absolute atomic E-state index is 0.0519. The van der Waals surface area contributed by atoms with Crippen molar-refractivity contribution in [2.24, 2.45) is 5.92 Å². The molecule has 2 heterocycles. The number of ether oxygens (including phenoxy) is 1. The summed E-state index contributed by atoms with van der Waals surface area (Å²) in [5.74, 6) is 0.737. The first-order valence-electron chi connectivity index (χ1n) is 10.2. The minimum Gasteiger partial charge on any atom is -0.467 e. The Balaban J connectivity index is 1.24. The summed E-state index contributed by atoms with van der Waals surface area (Å²) >= 11 is 1.38. The number of hydrogen-bond donors (Lipinski definition) is 0. The van der Waals surface area contributed by atoms with Gasteiger partial charge in [0.2, 0.25) is 5.91 Å². The highest BCUT2D eigenvalue weighted by molar-refractivity contribution is 7.20. The van der Waals surface area contributed by atoms with E-state index in [-0.39, 0.29) is 11.9 Å². The highest BCUT2D eigenvalue weighted by Gasteiger charge is 2.25. The molecule has 27 heavy (non-hydrogen) atoms. The van der Waals surface area contributed by atoms with Gasteiger partial charge in [-0.2, -0.15) is 4.98 Å². The van der Waals surface area contributed by atoms with Gasteiger partial charge in [-0.15, -0.1) is 0 Å². The van der Waals surface area contributed by atoms with E-state index >= 15 is 0 Å². The van der Waals surface area contributed by atoms with E-state index in [0.717, 1.165) is 43.0 Å². The number of halogens is 1. The van der Waals surface area contributed by atoms with Crippen molar-refractivity contribution >= 4 is 27.5 Å². The molecule has 0 radical (unpaired) electrons. The maximum absolute atomic E-state index is 13.8. The Morgan fingerprint density at radius 2 is 1.96 bits per heavy atom. The number of fused-ring (bicyclic) bond motifs is 1. The summed E-state index contributed by atoms with van der Waals surface area (Å²) in [6.45, 7) is 1.49. The average molecular weight is 391 g/mol. The lowest BCUT2D eigenvalue weighted by Gasteiger charge is -2.32. The van der Waals surface area contributed by atoms with Crippen LogP contribution in [0.25, 0.3) is 10.2 Å². The molecule has 1 aromatic heterocycles. The van der Waals surface area contributed by atoms with Gasteiger partial charge >= 0.3 is 0 Å². The van der Waals surface area contributed by atoms with Gasteiger partial charge in [0.05, 0.1) is 4.70 Å². The molecule has 1 amide bonds. The Bertz CT molecular complexity index is 780. The van der Waals surface area contributed by atoms with Crippen LogP contribution in [0.1, 0.15) is 57.8 Å².